The minimum Gasteiger partial charge on any atom is -0.415 e. The van der Waals surface area contributed by atoms with Crippen LogP contribution in [0.3, 0.4) is 0 Å². The van der Waals surface area contributed by atoms with E-state index in [1.165, 1.54) is 11.3 Å². The average Bonchev–Trinajstić information content (AvgIpc) is 2.75. The molecule has 0 saturated heterocycles. The molecule has 0 radical (unpaired) electrons. The molecular formula is C15H26N4OSSi. The number of nitrogens with two attached hydrogens (primary N) is 1. The third kappa shape index (κ3) is 3.77. The fourth-order valence-electron chi connectivity index (χ4n) is 1.81. The van der Waals surface area contributed by atoms with Crippen molar-refractivity contribution in [3.05, 3.63) is 12.1 Å². The smallest absolute Gasteiger partial charge is 0.192 e. The lowest BCUT2D eigenvalue weighted by molar-refractivity contribution is 0.295. The normalized spacial score (nSPS) is 12.8. The molecule has 0 atom stereocenters. The van der Waals surface area contributed by atoms with Gasteiger partial charge in [0.1, 0.15) is 16.2 Å². The molecule has 2 aromatic rings. The summed E-state index contributed by atoms with van der Waals surface area (Å²) in [6.45, 7) is 12.9. The van der Waals surface area contributed by atoms with Crippen LogP contribution in [0, 0.1) is 0 Å². The molecule has 5 nitrogen and oxygen atoms in total. The second-order valence-corrected chi connectivity index (χ2v) is 12.9. The highest BCUT2D eigenvalue weighted by atomic mass is 32.1. The van der Waals surface area contributed by atoms with Gasteiger partial charge in [-0.05, 0) is 30.3 Å². The van der Waals surface area contributed by atoms with Gasteiger partial charge in [0.2, 0.25) is 0 Å². The first kappa shape index (κ1) is 17.2. The first-order valence-corrected chi connectivity index (χ1v) is 11.2. The molecule has 22 heavy (non-hydrogen) atoms. The summed E-state index contributed by atoms with van der Waals surface area (Å²) >= 11 is 1.42. The number of aromatic nitrogens is 2. The van der Waals surface area contributed by atoms with Crippen LogP contribution in [0.5, 0.6) is 0 Å². The Labute approximate surface area is 137 Å². The lowest BCUT2D eigenvalue weighted by Crippen LogP contribution is -2.42. The van der Waals surface area contributed by atoms with Crippen LogP contribution in [-0.4, -0.2) is 38.5 Å². The van der Waals surface area contributed by atoms with Crippen molar-refractivity contribution in [2.24, 2.45) is 0 Å². The van der Waals surface area contributed by atoms with Gasteiger partial charge in [-0.15, -0.1) is 0 Å². The van der Waals surface area contributed by atoms with Gasteiger partial charge in [-0.3, -0.25) is 0 Å². The van der Waals surface area contributed by atoms with E-state index >= 15 is 0 Å². The summed E-state index contributed by atoms with van der Waals surface area (Å²) in [5.41, 5.74) is 6.58. The summed E-state index contributed by atoms with van der Waals surface area (Å²) in [7, 11) is 0.351. The van der Waals surface area contributed by atoms with E-state index in [0.29, 0.717) is 5.13 Å². The number of anilines is 2. The highest BCUT2D eigenvalue weighted by Crippen LogP contribution is 2.36. The molecular weight excluding hydrogens is 312 g/mol. The number of thiazole rings is 1. The quantitative estimate of drug-likeness (QED) is 0.842. The number of hydrogen-bond donors (Lipinski definition) is 1. The first-order valence-electron chi connectivity index (χ1n) is 7.48. The van der Waals surface area contributed by atoms with Crippen molar-refractivity contribution in [2.75, 3.05) is 30.8 Å². The van der Waals surface area contributed by atoms with E-state index in [9.17, 15) is 0 Å². The fourth-order valence-corrected chi connectivity index (χ4v) is 3.54. The van der Waals surface area contributed by atoms with Crippen LogP contribution in [0.2, 0.25) is 18.1 Å². The van der Waals surface area contributed by atoms with Crippen molar-refractivity contribution in [1.82, 2.24) is 9.97 Å². The van der Waals surface area contributed by atoms with E-state index < -0.39 is 8.32 Å². The molecule has 2 N–H and O–H groups in total. The molecule has 0 aliphatic carbocycles. The Hall–Kier alpha value is -1.18. The molecule has 0 aliphatic heterocycles. The zero-order valence-corrected chi connectivity index (χ0v) is 16.1. The number of nitrogen functional groups attached to an aromatic ring is 1. The number of likely N-dealkylation sites (N-methyl/N-ethyl adjacent to an activating group) is 1. The predicted octanol–water partition coefficient (Wildman–Crippen LogP) is 3.73. The minimum absolute atomic E-state index is 0.239. The summed E-state index contributed by atoms with van der Waals surface area (Å²) in [5.74, 6) is 0.926. The Morgan fingerprint density at radius 1 is 1.27 bits per heavy atom. The predicted molar refractivity (Wildman–Crippen MR) is 98.2 cm³/mol. The average molecular weight is 339 g/mol. The molecule has 0 aromatic carbocycles. The molecule has 2 aromatic heterocycles. The second-order valence-electron chi connectivity index (χ2n) is 7.08. The molecule has 7 heteroatoms. The maximum atomic E-state index is 6.22. The van der Waals surface area contributed by atoms with Crippen molar-refractivity contribution in [2.45, 2.75) is 38.9 Å². The molecule has 2 rings (SSSR count). The molecule has 122 valence electrons. The van der Waals surface area contributed by atoms with E-state index in [1.807, 2.05) is 19.2 Å². The number of fused-ring (bicyclic) bond motifs is 1. The van der Waals surface area contributed by atoms with Crippen molar-refractivity contribution in [3.63, 3.8) is 0 Å². The Morgan fingerprint density at radius 3 is 2.59 bits per heavy atom. The lowest BCUT2D eigenvalue weighted by atomic mass is 10.2. The van der Waals surface area contributed by atoms with E-state index in [0.717, 1.165) is 29.3 Å². The lowest BCUT2D eigenvalue weighted by Gasteiger charge is -2.36. The summed E-state index contributed by atoms with van der Waals surface area (Å²) in [4.78, 5) is 11.8. The van der Waals surface area contributed by atoms with Crippen LogP contribution < -0.4 is 10.6 Å². The van der Waals surface area contributed by atoms with Crippen LogP contribution in [0.25, 0.3) is 10.3 Å². The second kappa shape index (κ2) is 6.14. The zero-order chi connectivity index (χ0) is 16.5. The van der Waals surface area contributed by atoms with Gasteiger partial charge in [-0.1, -0.05) is 32.1 Å². The molecule has 0 saturated carbocycles. The number of hydrogen-bond acceptors (Lipinski definition) is 6. The topological polar surface area (TPSA) is 64.3 Å². The van der Waals surface area contributed by atoms with Crippen LogP contribution in [0.1, 0.15) is 20.8 Å². The Kier molecular flexibility index (Phi) is 4.79. The summed E-state index contributed by atoms with van der Waals surface area (Å²) in [6, 6.07) is 3.95. The van der Waals surface area contributed by atoms with Crippen molar-refractivity contribution in [1.29, 1.82) is 0 Å². The monoisotopic (exact) mass is 338 g/mol. The van der Waals surface area contributed by atoms with Crippen molar-refractivity contribution in [3.8, 4) is 0 Å². The van der Waals surface area contributed by atoms with Gasteiger partial charge in [0, 0.05) is 13.6 Å². The van der Waals surface area contributed by atoms with Gasteiger partial charge in [0.25, 0.3) is 0 Å². The number of rotatable bonds is 5. The van der Waals surface area contributed by atoms with Crippen LogP contribution in [-0.2, 0) is 4.43 Å². The maximum absolute atomic E-state index is 6.22. The molecule has 0 amide bonds. The molecule has 0 fully saturated rings. The van der Waals surface area contributed by atoms with E-state index in [1.54, 1.807) is 0 Å². The molecule has 0 unspecified atom stereocenters. The van der Waals surface area contributed by atoms with Gasteiger partial charge in [-0.25, -0.2) is 9.97 Å². The highest BCUT2D eigenvalue weighted by Gasteiger charge is 2.36. The SMILES string of the molecule is CN(CCO[Si](C)(C)C(C)(C)C)c1ccc2nc(N)sc2n1. The molecule has 0 bridgehead atoms. The summed E-state index contributed by atoms with van der Waals surface area (Å²) < 4.78 is 6.22. The summed E-state index contributed by atoms with van der Waals surface area (Å²) in [6.07, 6.45) is 0. The van der Waals surface area contributed by atoms with Crippen LogP contribution in [0.4, 0.5) is 10.9 Å². The Balaban J connectivity index is 1.98. The fraction of sp³-hybridized carbons (Fsp3) is 0.600. The molecule has 0 aliphatic rings. The third-order valence-corrected chi connectivity index (χ3v) is 9.68. The van der Waals surface area contributed by atoms with E-state index in [4.69, 9.17) is 10.2 Å². The first-order chi connectivity index (χ1) is 10.1. The molecule has 2 heterocycles. The largest absolute Gasteiger partial charge is 0.415 e. The minimum atomic E-state index is -1.68. The number of pyridine rings is 1. The van der Waals surface area contributed by atoms with Crippen LogP contribution in [0.15, 0.2) is 12.1 Å². The summed E-state index contributed by atoms with van der Waals surface area (Å²) in [5, 5.41) is 0.798. The highest BCUT2D eigenvalue weighted by molar-refractivity contribution is 7.21. The standard InChI is InChI=1S/C15H26N4OSSi/c1-15(2,3)22(5,6)20-10-9-19(4)12-8-7-11-13(18-12)21-14(16)17-11/h7-8H,9-10H2,1-6H3,(H2,16,17). The van der Waals surface area contributed by atoms with Gasteiger partial charge < -0.3 is 15.1 Å². The molecule has 0 spiro atoms. The van der Waals surface area contributed by atoms with E-state index in [2.05, 4.69) is 48.7 Å². The Morgan fingerprint density at radius 2 is 1.95 bits per heavy atom. The van der Waals surface area contributed by atoms with Gasteiger partial charge in [0.05, 0.1) is 6.61 Å². The van der Waals surface area contributed by atoms with Gasteiger partial charge in [0.15, 0.2) is 13.4 Å². The van der Waals surface area contributed by atoms with Gasteiger partial charge >= 0.3 is 0 Å². The maximum Gasteiger partial charge on any atom is 0.192 e. The Bertz CT molecular complexity index is 651. The van der Waals surface area contributed by atoms with Crippen molar-refractivity contribution < 1.29 is 4.43 Å². The van der Waals surface area contributed by atoms with Crippen molar-refractivity contribution >= 4 is 41.0 Å². The van der Waals surface area contributed by atoms with Crippen LogP contribution >= 0.6 is 11.3 Å². The van der Waals surface area contributed by atoms with Gasteiger partial charge in [-0.2, -0.15) is 0 Å². The third-order valence-electron chi connectivity index (χ3n) is 4.34. The number of nitrogens with zero attached hydrogens (tertiary/aromatic N) is 3. The van der Waals surface area contributed by atoms with E-state index in [-0.39, 0.29) is 5.04 Å². The zero-order valence-electron chi connectivity index (χ0n) is 14.3.